The van der Waals surface area contributed by atoms with Gasteiger partial charge in [0.15, 0.2) is 5.79 Å². The molecule has 0 spiro atoms. The minimum Gasteiger partial charge on any atom is -0.348 e. The van der Waals surface area contributed by atoms with E-state index in [1.165, 1.54) is 19.3 Å². The first-order valence-electron chi connectivity index (χ1n) is 7.03. The SMILES string of the molecule is CC1CCCC(C)C1NCC1COC(C)(C)O1. The first-order valence-corrected chi connectivity index (χ1v) is 7.03. The van der Waals surface area contributed by atoms with Crippen molar-refractivity contribution in [2.45, 2.75) is 64.9 Å². The van der Waals surface area contributed by atoms with Gasteiger partial charge in [-0.15, -0.1) is 0 Å². The van der Waals surface area contributed by atoms with Gasteiger partial charge in [0, 0.05) is 12.6 Å². The van der Waals surface area contributed by atoms with Crippen LogP contribution in [0.2, 0.25) is 0 Å². The molecule has 2 fully saturated rings. The Morgan fingerprint density at radius 3 is 2.35 bits per heavy atom. The molecule has 3 atom stereocenters. The maximum atomic E-state index is 5.83. The first-order chi connectivity index (χ1) is 7.98. The van der Waals surface area contributed by atoms with Crippen molar-refractivity contribution in [3.05, 3.63) is 0 Å². The van der Waals surface area contributed by atoms with Crippen LogP contribution in [0.1, 0.15) is 47.0 Å². The van der Waals surface area contributed by atoms with Gasteiger partial charge in [0.2, 0.25) is 0 Å². The lowest BCUT2D eigenvalue weighted by Gasteiger charge is -2.36. The molecule has 0 aromatic heterocycles. The van der Waals surface area contributed by atoms with E-state index in [2.05, 4.69) is 19.2 Å². The van der Waals surface area contributed by atoms with Crippen LogP contribution in [-0.4, -0.2) is 31.1 Å². The van der Waals surface area contributed by atoms with Crippen molar-refractivity contribution in [2.75, 3.05) is 13.2 Å². The van der Waals surface area contributed by atoms with Gasteiger partial charge < -0.3 is 14.8 Å². The molecule has 17 heavy (non-hydrogen) atoms. The van der Waals surface area contributed by atoms with Gasteiger partial charge in [0.1, 0.15) is 0 Å². The van der Waals surface area contributed by atoms with Gasteiger partial charge >= 0.3 is 0 Å². The Morgan fingerprint density at radius 2 is 1.82 bits per heavy atom. The maximum absolute atomic E-state index is 5.83. The van der Waals surface area contributed by atoms with E-state index < -0.39 is 5.79 Å². The number of hydrogen-bond acceptors (Lipinski definition) is 3. The second-order valence-electron chi connectivity index (χ2n) is 6.27. The van der Waals surface area contributed by atoms with Crippen molar-refractivity contribution in [2.24, 2.45) is 11.8 Å². The highest BCUT2D eigenvalue weighted by Gasteiger charge is 2.34. The normalized spacial score (nSPS) is 41.6. The summed E-state index contributed by atoms with van der Waals surface area (Å²) >= 11 is 0. The third kappa shape index (κ3) is 3.43. The van der Waals surface area contributed by atoms with Gasteiger partial charge in [-0.05, 0) is 38.5 Å². The molecule has 3 nitrogen and oxygen atoms in total. The minimum atomic E-state index is -0.393. The van der Waals surface area contributed by atoms with Crippen LogP contribution in [0.25, 0.3) is 0 Å². The quantitative estimate of drug-likeness (QED) is 0.823. The summed E-state index contributed by atoms with van der Waals surface area (Å²) < 4.78 is 11.4. The van der Waals surface area contributed by atoms with Gasteiger partial charge in [-0.3, -0.25) is 0 Å². The summed E-state index contributed by atoms with van der Waals surface area (Å²) in [6, 6.07) is 0.649. The Hall–Kier alpha value is -0.120. The lowest BCUT2D eigenvalue weighted by Crippen LogP contribution is -2.46. The summed E-state index contributed by atoms with van der Waals surface area (Å²) in [5.41, 5.74) is 0. The van der Waals surface area contributed by atoms with Crippen LogP contribution in [0.15, 0.2) is 0 Å². The predicted molar refractivity (Wildman–Crippen MR) is 68.9 cm³/mol. The third-order valence-electron chi connectivity index (χ3n) is 4.19. The molecule has 0 aromatic rings. The van der Waals surface area contributed by atoms with E-state index in [-0.39, 0.29) is 6.10 Å². The number of nitrogens with one attached hydrogen (secondary N) is 1. The van der Waals surface area contributed by atoms with Crippen molar-refractivity contribution in [3.8, 4) is 0 Å². The molecule has 3 heteroatoms. The molecule has 100 valence electrons. The molecular weight excluding hydrogens is 214 g/mol. The average Bonchev–Trinajstić information content (AvgIpc) is 2.57. The molecule has 1 aliphatic heterocycles. The lowest BCUT2D eigenvalue weighted by molar-refractivity contribution is -0.138. The van der Waals surface area contributed by atoms with Gasteiger partial charge in [-0.2, -0.15) is 0 Å². The molecular formula is C14H27NO2. The largest absolute Gasteiger partial charge is 0.348 e. The van der Waals surface area contributed by atoms with E-state index >= 15 is 0 Å². The van der Waals surface area contributed by atoms with Crippen LogP contribution >= 0.6 is 0 Å². The van der Waals surface area contributed by atoms with Crippen molar-refractivity contribution in [1.82, 2.24) is 5.32 Å². The van der Waals surface area contributed by atoms with Gasteiger partial charge in [0.05, 0.1) is 12.7 Å². The Morgan fingerprint density at radius 1 is 1.18 bits per heavy atom. The topological polar surface area (TPSA) is 30.5 Å². The molecule has 1 heterocycles. The van der Waals surface area contributed by atoms with Crippen molar-refractivity contribution < 1.29 is 9.47 Å². The summed E-state index contributed by atoms with van der Waals surface area (Å²) in [5, 5.41) is 3.70. The summed E-state index contributed by atoms with van der Waals surface area (Å²) in [6.07, 6.45) is 4.31. The fourth-order valence-electron chi connectivity index (χ4n) is 3.22. The fraction of sp³-hybridized carbons (Fsp3) is 1.00. The van der Waals surface area contributed by atoms with E-state index in [9.17, 15) is 0 Å². The highest BCUT2D eigenvalue weighted by molar-refractivity contribution is 4.85. The van der Waals surface area contributed by atoms with Crippen LogP contribution in [0.5, 0.6) is 0 Å². The maximum Gasteiger partial charge on any atom is 0.163 e. The molecule has 2 rings (SSSR count). The number of hydrogen-bond donors (Lipinski definition) is 1. The lowest BCUT2D eigenvalue weighted by atomic mass is 9.79. The molecule has 2 aliphatic rings. The minimum absolute atomic E-state index is 0.214. The molecule has 3 unspecified atom stereocenters. The molecule has 0 bridgehead atoms. The van der Waals surface area contributed by atoms with Gasteiger partial charge in [-0.1, -0.05) is 20.3 Å². The number of ether oxygens (including phenoxy) is 2. The second kappa shape index (κ2) is 5.25. The predicted octanol–water partition coefficient (Wildman–Crippen LogP) is 2.55. The molecule has 0 amide bonds. The van der Waals surface area contributed by atoms with E-state index in [0.29, 0.717) is 6.04 Å². The zero-order valence-electron chi connectivity index (χ0n) is 11.7. The van der Waals surface area contributed by atoms with E-state index in [4.69, 9.17) is 9.47 Å². The van der Waals surface area contributed by atoms with Crippen molar-refractivity contribution >= 4 is 0 Å². The van der Waals surface area contributed by atoms with Gasteiger partial charge in [-0.25, -0.2) is 0 Å². The van der Waals surface area contributed by atoms with Gasteiger partial charge in [0.25, 0.3) is 0 Å². The Kier molecular flexibility index (Phi) is 4.11. The summed E-state index contributed by atoms with van der Waals surface area (Å²) in [6.45, 7) is 10.3. The second-order valence-corrected chi connectivity index (χ2v) is 6.27. The molecule has 1 saturated carbocycles. The smallest absolute Gasteiger partial charge is 0.163 e. The number of rotatable bonds is 3. The molecule has 1 saturated heterocycles. The molecule has 0 radical (unpaired) electrons. The van der Waals surface area contributed by atoms with Crippen LogP contribution in [0, 0.1) is 11.8 Å². The summed E-state index contributed by atoms with van der Waals surface area (Å²) in [7, 11) is 0. The van der Waals surface area contributed by atoms with E-state index in [1.807, 2.05) is 13.8 Å². The monoisotopic (exact) mass is 241 g/mol. The van der Waals surface area contributed by atoms with Crippen LogP contribution < -0.4 is 5.32 Å². The van der Waals surface area contributed by atoms with Crippen molar-refractivity contribution in [1.29, 1.82) is 0 Å². The summed E-state index contributed by atoms with van der Waals surface area (Å²) in [5.74, 6) is 1.18. The Bertz CT molecular complexity index is 245. The molecule has 1 N–H and O–H groups in total. The third-order valence-corrected chi connectivity index (χ3v) is 4.19. The zero-order chi connectivity index (χ0) is 12.5. The summed E-state index contributed by atoms with van der Waals surface area (Å²) in [4.78, 5) is 0. The Labute approximate surface area is 105 Å². The Balaban J connectivity index is 1.77. The first kappa shape index (κ1) is 13.3. The highest BCUT2D eigenvalue weighted by atomic mass is 16.7. The average molecular weight is 241 g/mol. The van der Waals surface area contributed by atoms with Crippen molar-refractivity contribution in [3.63, 3.8) is 0 Å². The van der Waals surface area contributed by atoms with Crippen LogP contribution in [0.3, 0.4) is 0 Å². The van der Waals surface area contributed by atoms with Crippen LogP contribution in [-0.2, 0) is 9.47 Å². The fourth-order valence-corrected chi connectivity index (χ4v) is 3.22. The molecule has 0 aromatic carbocycles. The van der Waals surface area contributed by atoms with Crippen LogP contribution in [0.4, 0.5) is 0 Å². The van der Waals surface area contributed by atoms with E-state index in [1.54, 1.807) is 0 Å². The molecule has 1 aliphatic carbocycles. The highest BCUT2D eigenvalue weighted by Crippen LogP contribution is 2.29. The standard InChI is InChI=1S/C14H27NO2/c1-10-6-5-7-11(2)13(10)15-8-12-9-16-14(3,4)17-12/h10-13,15H,5-9H2,1-4H3. The van der Waals surface area contributed by atoms with E-state index in [0.717, 1.165) is 25.0 Å². The zero-order valence-corrected chi connectivity index (χ0v) is 11.7.